The Hall–Kier alpha value is -3.75. The molecule has 3 aromatic heterocycles. The second-order valence-corrected chi connectivity index (χ2v) is 9.39. The van der Waals surface area contributed by atoms with Crippen molar-refractivity contribution in [2.45, 2.75) is 31.9 Å². The van der Waals surface area contributed by atoms with Gasteiger partial charge in [0.15, 0.2) is 5.82 Å². The lowest BCUT2D eigenvalue weighted by molar-refractivity contribution is 0.176. The molecule has 8 nitrogen and oxygen atoms in total. The molecule has 0 radical (unpaired) electrons. The molecule has 1 aliphatic heterocycles. The van der Waals surface area contributed by atoms with Crippen LogP contribution in [0.4, 0.5) is 5.82 Å². The van der Waals surface area contributed by atoms with Crippen molar-refractivity contribution in [2.75, 3.05) is 25.4 Å². The summed E-state index contributed by atoms with van der Waals surface area (Å²) in [4.78, 5) is 6.59. The Morgan fingerprint density at radius 3 is 2.80 bits per heavy atom. The average Bonchev–Trinajstić information content (AvgIpc) is 3.56. The van der Waals surface area contributed by atoms with Crippen LogP contribution >= 0.6 is 0 Å². The molecule has 0 spiro atoms. The molecular weight excluding hydrogens is 438 g/mol. The topological polar surface area (TPSA) is 97.5 Å². The summed E-state index contributed by atoms with van der Waals surface area (Å²) in [6.45, 7) is 3.43. The first kappa shape index (κ1) is 21.8. The first-order valence-corrected chi connectivity index (χ1v) is 12.2. The zero-order valence-corrected chi connectivity index (χ0v) is 19.6. The smallest absolute Gasteiger partial charge is 0.151 e. The van der Waals surface area contributed by atoms with Crippen LogP contribution in [-0.2, 0) is 13.0 Å². The molecule has 0 amide bonds. The molecule has 35 heavy (non-hydrogen) atoms. The summed E-state index contributed by atoms with van der Waals surface area (Å²) >= 11 is 0. The quantitative estimate of drug-likeness (QED) is 0.381. The number of β-amino-alcohol motifs (C(OH)–C–C–N with tert-alkyl or cyclic N) is 1. The van der Waals surface area contributed by atoms with Crippen molar-refractivity contribution in [3.05, 3.63) is 78.4 Å². The molecule has 1 atom stereocenters. The van der Waals surface area contributed by atoms with Crippen LogP contribution in [0.3, 0.4) is 0 Å². The number of nitrogens with two attached hydrogens (primary N) is 1. The van der Waals surface area contributed by atoms with Crippen molar-refractivity contribution < 1.29 is 5.11 Å². The van der Waals surface area contributed by atoms with Crippen LogP contribution in [0.2, 0.25) is 0 Å². The van der Waals surface area contributed by atoms with Crippen molar-refractivity contribution >= 4 is 22.2 Å². The summed E-state index contributed by atoms with van der Waals surface area (Å²) in [5, 5.41) is 20.2. The number of aromatic nitrogens is 5. The Morgan fingerprint density at radius 2 is 1.97 bits per heavy atom. The first-order valence-electron chi connectivity index (χ1n) is 12.2. The highest BCUT2D eigenvalue weighted by molar-refractivity contribution is 5.92. The van der Waals surface area contributed by atoms with Gasteiger partial charge in [0.1, 0.15) is 11.8 Å². The monoisotopic (exact) mass is 467 g/mol. The van der Waals surface area contributed by atoms with Gasteiger partial charge in [-0.3, -0.25) is 4.68 Å². The molecule has 0 aliphatic carbocycles. The molecule has 2 aromatic carbocycles. The second-order valence-electron chi connectivity index (χ2n) is 9.39. The van der Waals surface area contributed by atoms with Crippen LogP contribution in [0, 0.1) is 0 Å². The van der Waals surface area contributed by atoms with Crippen LogP contribution < -0.4 is 5.73 Å². The van der Waals surface area contributed by atoms with Crippen molar-refractivity contribution in [3.8, 4) is 11.1 Å². The fraction of sp³-hybridized carbons (Fsp3) is 0.296. The fourth-order valence-corrected chi connectivity index (χ4v) is 5.12. The number of hydrogen-bond acceptors (Lipinski definition) is 6. The number of anilines is 1. The lowest BCUT2D eigenvalue weighted by Gasteiger charge is -2.14. The highest BCUT2D eigenvalue weighted by Crippen LogP contribution is 2.32. The molecule has 1 saturated heterocycles. The number of nitrogen functional groups attached to an aromatic ring is 1. The maximum Gasteiger partial charge on any atom is 0.151 e. The van der Waals surface area contributed by atoms with E-state index in [4.69, 9.17) is 10.8 Å². The number of aliphatic hydroxyl groups excluding tert-OH is 1. The van der Waals surface area contributed by atoms with Crippen LogP contribution in [0.1, 0.15) is 24.1 Å². The fourth-order valence-electron chi connectivity index (χ4n) is 5.12. The molecule has 178 valence electrons. The third kappa shape index (κ3) is 4.38. The summed E-state index contributed by atoms with van der Waals surface area (Å²) in [5.74, 6) is 0.471. The number of rotatable bonds is 7. The van der Waals surface area contributed by atoms with E-state index < -0.39 is 0 Å². The molecule has 0 unspecified atom stereocenters. The lowest BCUT2D eigenvalue weighted by atomic mass is 10.0. The van der Waals surface area contributed by atoms with Crippen molar-refractivity contribution in [1.29, 1.82) is 0 Å². The Balaban J connectivity index is 1.29. The number of aliphatic hydroxyl groups is 1. The Labute approximate surface area is 203 Å². The minimum atomic E-state index is -0.186. The van der Waals surface area contributed by atoms with Gasteiger partial charge in [0, 0.05) is 35.9 Å². The standard InChI is InChI=1S/C27H29N7O/c28-27-26-24(14-22(34(26)30-18-29-27)7-4-11-32-12-10-23(35)17-32)20-8-9-21-16-33(31-25(21)13-20)15-19-5-2-1-3-6-19/h1-3,5-6,8-9,13-14,16,18,23,35H,4,7,10-12,15,17H2,(H2,28,29,30)/t23-/m0/s1. The van der Waals surface area contributed by atoms with Gasteiger partial charge >= 0.3 is 0 Å². The summed E-state index contributed by atoms with van der Waals surface area (Å²) in [6.07, 6.45) is 6.15. The molecule has 0 bridgehead atoms. The van der Waals surface area contributed by atoms with E-state index in [-0.39, 0.29) is 6.10 Å². The molecule has 6 rings (SSSR count). The normalized spacial score (nSPS) is 16.5. The highest BCUT2D eigenvalue weighted by atomic mass is 16.3. The van der Waals surface area contributed by atoms with Gasteiger partial charge in [-0.05, 0) is 49.1 Å². The first-order chi connectivity index (χ1) is 17.1. The largest absolute Gasteiger partial charge is 0.392 e. The van der Waals surface area contributed by atoms with E-state index in [0.29, 0.717) is 5.82 Å². The van der Waals surface area contributed by atoms with Gasteiger partial charge < -0.3 is 15.7 Å². The SMILES string of the molecule is Nc1ncnn2c(CCCN3CC[C@H](O)C3)cc(-c3ccc4cn(Cc5ccccc5)nc4c3)c12. The summed E-state index contributed by atoms with van der Waals surface area (Å²) in [5.41, 5.74) is 12.5. The van der Waals surface area contributed by atoms with Crippen LogP contribution in [0.15, 0.2) is 67.1 Å². The van der Waals surface area contributed by atoms with E-state index in [9.17, 15) is 5.11 Å². The number of hydrogen-bond donors (Lipinski definition) is 2. The third-order valence-electron chi connectivity index (χ3n) is 6.86. The summed E-state index contributed by atoms with van der Waals surface area (Å²) < 4.78 is 3.91. The number of aryl methyl sites for hydroxylation is 1. The van der Waals surface area contributed by atoms with E-state index in [1.54, 1.807) is 0 Å². The zero-order valence-electron chi connectivity index (χ0n) is 19.6. The number of nitrogens with zero attached hydrogens (tertiary/aromatic N) is 6. The zero-order chi connectivity index (χ0) is 23.8. The van der Waals surface area contributed by atoms with Gasteiger partial charge in [-0.15, -0.1) is 0 Å². The third-order valence-corrected chi connectivity index (χ3v) is 6.86. The van der Waals surface area contributed by atoms with Crippen LogP contribution in [0.5, 0.6) is 0 Å². The number of likely N-dealkylation sites (tertiary alicyclic amines) is 1. The minimum absolute atomic E-state index is 0.186. The summed E-state index contributed by atoms with van der Waals surface area (Å²) in [7, 11) is 0. The van der Waals surface area contributed by atoms with E-state index in [1.165, 1.54) is 11.9 Å². The molecule has 3 N–H and O–H groups in total. The van der Waals surface area contributed by atoms with Gasteiger partial charge in [0.2, 0.25) is 0 Å². The van der Waals surface area contributed by atoms with E-state index >= 15 is 0 Å². The predicted molar refractivity (Wildman–Crippen MR) is 137 cm³/mol. The van der Waals surface area contributed by atoms with Gasteiger partial charge in [-0.25, -0.2) is 9.50 Å². The molecule has 5 aromatic rings. The molecule has 4 heterocycles. The summed E-state index contributed by atoms with van der Waals surface area (Å²) in [6, 6.07) is 18.9. The Bertz CT molecular complexity index is 1470. The Morgan fingerprint density at radius 1 is 1.09 bits per heavy atom. The van der Waals surface area contributed by atoms with Crippen molar-refractivity contribution in [2.24, 2.45) is 0 Å². The van der Waals surface area contributed by atoms with E-state index in [1.807, 2.05) is 27.4 Å². The van der Waals surface area contributed by atoms with Crippen molar-refractivity contribution in [1.82, 2.24) is 29.3 Å². The maximum absolute atomic E-state index is 9.78. The Kier molecular flexibility index (Phi) is 5.67. The minimum Gasteiger partial charge on any atom is -0.392 e. The average molecular weight is 468 g/mol. The molecule has 0 saturated carbocycles. The number of fused-ring (bicyclic) bond motifs is 2. The van der Waals surface area contributed by atoms with E-state index in [0.717, 1.165) is 78.7 Å². The van der Waals surface area contributed by atoms with E-state index in [2.05, 4.69) is 57.6 Å². The highest BCUT2D eigenvalue weighted by Gasteiger charge is 2.20. The van der Waals surface area contributed by atoms with Crippen LogP contribution in [-0.4, -0.2) is 60.1 Å². The molecule has 1 aliphatic rings. The molecule has 1 fully saturated rings. The van der Waals surface area contributed by atoms with Gasteiger partial charge in [-0.1, -0.05) is 42.5 Å². The molecular formula is C27H29N7O. The number of benzene rings is 2. The van der Waals surface area contributed by atoms with Gasteiger partial charge in [0.05, 0.1) is 18.2 Å². The van der Waals surface area contributed by atoms with Crippen molar-refractivity contribution in [3.63, 3.8) is 0 Å². The van der Waals surface area contributed by atoms with Crippen LogP contribution in [0.25, 0.3) is 27.5 Å². The van der Waals surface area contributed by atoms with Gasteiger partial charge in [0.25, 0.3) is 0 Å². The molecule has 8 heteroatoms. The lowest BCUT2D eigenvalue weighted by Crippen LogP contribution is -2.23. The van der Waals surface area contributed by atoms with Gasteiger partial charge in [-0.2, -0.15) is 10.2 Å². The second kappa shape index (κ2) is 9.13. The maximum atomic E-state index is 9.78. The predicted octanol–water partition coefficient (Wildman–Crippen LogP) is 3.38.